The largest absolute Gasteiger partial charge is 0.0530 e. The van der Waals surface area contributed by atoms with Crippen LogP contribution in [-0.4, -0.2) is 0 Å². The molecule has 0 amide bonds. The molecule has 3 rings (SSSR count). The van der Waals surface area contributed by atoms with Crippen LogP contribution in [-0.2, 0) is 0 Å². The minimum Gasteiger partial charge on any atom is -0.0530 e. The van der Waals surface area contributed by atoms with E-state index in [1.165, 1.54) is 25.2 Å². The fraction of sp³-hybridized carbons (Fsp3) is 0.909. The fourth-order valence-corrected chi connectivity index (χ4v) is 3.90. The summed E-state index contributed by atoms with van der Waals surface area (Å²) >= 11 is 0. The first-order valence-electron chi connectivity index (χ1n) is 5.28. The summed E-state index contributed by atoms with van der Waals surface area (Å²) in [6, 6.07) is 0. The van der Waals surface area contributed by atoms with E-state index in [1.54, 1.807) is 19.3 Å². The second kappa shape index (κ2) is 2.24. The Bertz CT molecular complexity index is 143. The summed E-state index contributed by atoms with van der Waals surface area (Å²) in [6.07, 6.45) is 11.8. The molecule has 0 spiro atoms. The average molecular weight is 149 g/mol. The molecule has 3 fully saturated rings. The zero-order valence-corrected chi connectivity index (χ0v) is 7.13. The molecule has 0 aromatic rings. The predicted molar refractivity (Wildman–Crippen MR) is 46.0 cm³/mol. The van der Waals surface area contributed by atoms with Gasteiger partial charge in [-0.3, -0.25) is 0 Å². The van der Waals surface area contributed by atoms with Crippen molar-refractivity contribution in [3.63, 3.8) is 0 Å². The van der Waals surface area contributed by atoms with Crippen LogP contribution in [0.1, 0.15) is 38.5 Å². The summed E-state index contributed by atoms with van der Waals surface area (Å²) in [5.41, 5.74) is 0. The van der Waals surface area contributed by atoms with Crippen LogP contribution in [0, 0.1) is 30.1 Å². The molecular weight excluding hydrogens is 132 g/mol. The van der Waals surface area contributed by atoms with Gasteiger partial charge in [0.05, 0.1) is 0 Å². The molecule has 3 aliphatic carbocycles. The van der Waals surface area contributed by atoms with E-state index in [1.807, 2.05) is 0 Å². The molecule has 3 saturated carbocycles. The Labute approximate surface area is 69.4 Å². The predicted octanol–water partition coefficient (Wildman–Crippen LogP) is 3.04. The van der Waals surface area contributed by atoms with E-state index in [0.717, 1.165) is 17.8 Å². The Morgan fingerprint density at radius 3 is 2.64 bits per heavy atom. The number of hydrogen-bond donors (Lipinski definition) is 0. The molecule has 0 nitrogen and oxygen atoms in total. The zero-order chi connectivity index (χ0) is 7.26. The third kappa shape index (κ3) is 0.816. The Morgan fingerprint density at radius 1 is 1.00 bits per heavy atom. The molecule has 4 unspecified atom stereocenters. The number of hydrogen-bond acceptors (Lipinski definition) is 0. The molecule has 11 heavy (non-hydrogen) atoms. The van der Waals surface area contributed by atoms with Crippen LogP contribution in [0.2, 0.25) is 0 Å². The van der Waals surface area contributed by atoms with Crippen molar-refractivity contribution in [3.8, 4) is 0 Å². The molecule has 4 atom stereocenters. The maximum atomic E-state index is 2.62. The lowest BCUT2D eigenvalue weighted by Crippen LogP contribution is -2.25. The van der Waals surface area contributed by atoms with Gasteiger partial charge < -0.3 is 0 Å². The molecule has 1 radical (unpaired) electrons. The number of fused-ring (bicyclic) bond motifs is 5. The molecule has 61 valence electrons. The molecule has 0 heterocycles. The fourth-order valence-electron chi connectivity index (χ4n) is 3.90. The first kappa shape index (κ1) is 6.51. The van der Waals surface area contributed by atoms with Gasteiger partial charge in [-0.25, -0.2) is 0 Å². The lowest BCUT2D eigenvalue weighted by atomic mass is 9.71. The third-order valence-corrected chi connectivity index (χ3v) is 4.35. The van der Waals surface area contributed by atoms with E-state index in [-0.39, 0.29) is 0 Å². The van der Waals surface area contributed by atoms with Crippen LogP contribution < -0.4 is 0 Å². The van der Waals surface area contributed by atoms with E-state index in [9.17, 15) is 0 Å². The minimum atomic E-state index is 1.06. The summed E-state index contributed by atoms with van der Waals surface area (Å²) in [5.74, 6) is 4.50. The van der Waals surface area contributed by atoms with Crippen molar-refractivity contribution >= 4 is 0 Å². The summed E-state index contributed by atoms with van der Waals surface area (Å²) in [7, 11) is 0. The molecule has 0 aliphatic heterocycles. The average Bonchev–Trinajstić information content (AvgIpc) is 2.64. The van der Waals surface area contributed by atoms with Gasteiger partial charge in [0.25, 0.3) is 0 Å². The molecule has 0 saturated heterocycles. The Kier molecular flexibility index (Phi) is 1.33. The topological polar surface area (TPSA) is 0 Å². The van der Waals surface area contributed by atoms with Crippen molar-refractivity contribution in [3.05, 3.63) is 6.42 Å². The Hall–Kier alpha value is 0. The van der Waals surface area contributed by atoms with E-state index in [4.69, 9.17) is 0 Å². The van der Waals surface area contributed by atoms with E-state index in [0.29, 0.717) is 0 Å². The van der Waals surface area contributed by atoms with Crippen LogP contribution in [0.3, 0.4) is 0 Å². The monoisotopic (exact) mass is 149 g/mol. The summed E-state index contributed by atoms with van der Waals surface area (Å²) in [5, 5.41) is 0. The van der Waals surface area contributed by atoms with Crippen molar-refractivity contribution in [2.75, 3.05) is 0 Å². The van der Waals surface area contributed by atoms with Crippen LogP contribution in [0.4, 0.5) is 0 Å². The molecule has 0 N–H and O–H groups in total. The summed E-state index contributed by atoms with van der Waals surface area (Å²) in [4.78, 5) is 0. The first-order chi connectivity index (χ1) is 5.45. The standard InChI is InChI=1S/C11H17/c1-2-4-11-9-6-5-8(7-9)10(11)3-1/h5,8-11H,1-4,6-7H2. The second-order valence-corrected chi connectivity index (χ2v) is 4.74. The lowest BCUT2D eigenvalue weighted by Gasteiger charge is -2.34. The highest BCUT2D eigenvalue weighted by atomic mass is 14.5. The zero-order valence-electron chi connectivity index (χ0n) is 7.13. The van der Waals surface area contributed by atoms with Gasteiger partial charge in [-0.15, -0.1) is 0 Å². The maximum absolute atomic E-state index is 2.62. The van der Waals surface area contributed by atoms with Crippen molar-refractivity contribution in [1.82, 2.24) is 0 Å². The van der Waals surface area contributed by atoms with Gasteiger partial charge in [-0.2, -0.15) is 0 Å². The van der Waals surface area contributed by atoms with Crippen LogP contribution >= 0.6 is 0 Å². The van der Waals surface area contributed by atoms with Crippen LogP contribution in [0.15, 0.2) is 0 Å². The van der Waals surface area contributed by atoms with E-state index >= 15 is 0 Å². The summed E-state index contributed by atoms with van der Waals surface area (Å²) in [6.45, 7) is 0. The third-order valence-electron chi connectivity index (χ3n) is 4.35. The normalized spacial score (nSPS) is 54.5. The van der Waals surface area contributed by atoms with Gasteiger partial charge in [-0.1, -0.05) is 12.8 Å². The van der Waals surface area contributed by atoms with Crippen molar-refractivity contribution in [1.29, 1.82) is 0 Å². The highest BCUT2D eigenvalue weighted by Gasteiger charge is 2.47. The van der Waals surface area contributed by atoms with Crippen LogP contribution in [0.5, 0.6) is 0 Å². The molecule has 3 aliphatic rings. The molecule has 2 bridgehead atoms. The molecule has 0 aromatic carbocycles. The Morgan fingerprint density at radius 2 is 1.82 bits per heavy atom. The van der Waals surface area contributed by atoms with Gasteiger partial charge in [0.2, 0.25) is 0 Å². The maximum Gasteiger partial charge on any atom is -0.0349 e. The van der Waals surface area contributed by atoms with Crippen molar-refractivity contribution in [2.45, 2.75) is 38.5 Å². The molecule has 0 aromatic heterocycles. The second-order valence-electron chi connectivity index (χ2n) is 4.74. The highest BCUT2D eigenvalue weighted by molar-refractivity contribution is 5.05. The van der Waals surface area contributed by atoms with Crippen LogP contribution in [0.25, 0.3) is 0 Å². The highest BCUT2D eigenvalue weighted by Crippen LogP contribution is 2.56. The first-order valence-corrected chi connectivity index (χ1v) is 5.28. The molecule has 0 heteroatoms. The van der Waals surface area contributed by atoms with Crippen molar-refractivity contribution < 1.29 is 0 Å². The van der Waals surface area contributed by atoms with Gasteiger partial charge in [0.1, 0.15) is 0 Å². The smallest absolute Gasteiger partial charge is 0.0349 e. The van der Waals surface area contributed by atoms with E-state index in [2.05, 4.69) is 6.42 Å². The Balaban J connectivity index is 1.84. The van der Waals surface area contributed by atoms with E-state index < -0.39 is 0 Å². The quantitative estimate of drug-likeness (QED) is 0.496. The van der Waals surface area contributed by atoms with Crippen molar-refractivity contribution in [2.24, 2.45) is 23.7 Å². The molecular formula is C11H17. The minimum absolute atomic E-state index is 1.06. The lowest BCUT2D eigenvalue weighted by molar-refractivity contribution is 0.184. The SMILES string of the molecule is [CH]1CC2CC1C1CCCCC21. The number of rotatable bonds is 0. The van der Waals surface area contributed by atoms with Gasteiger partial charge >= 0.3 is 0 Å². The van der Waals surface area contributed by atoms with Gasteiger partial charge in [0.15, 0.2) is 0 Å². The van der Waals surface area contributed by atoms with Gasteiger partial charge in [0, 0.05) is 0 Å². The van der Waals surface area contributed by atoms with Gasteiger partial charge in [-0.05, 0) is 55.8 Å². The summed E-state index contributed by atoms with van der Waals surface area (Å²) < 4.78 is 0.